The van der Waals surface area contributed by atoms with Gasteiger partial charge in [0.05, 0.1) is 0 Å². The quantitative estimate of drug-likeness (QED) is 0.846. The van der Waals surface area contributed by atoms with Crippen LogP contribution in [0.2, 0.25) is 0 Å². The predicted octanol–water partition coefficient (Wildman–Crippen LogP) is 1.87. The number of piperidine rings is 1. The fourth-order valence-electron chi connectivity index (χ4n) is 2.42. The van der Waals surface area contributed by atoms with E-state index < -0.39 is 11.6 Å². The van der Waals surface area contributed by atoms with Gasteiger partial charge in [0.2, 0.25) is 0 Å². The van der Waals surface area contributed by atoms with Crippen molar-refractivity contribution in [3.8, 4) is 0 Å². The summed E-state index contributed by atoms with van der Waals surface area (Å²) < 4.78 is 27.1. The van der Waals surface area contributed by atoms with E-state index in [1.54, 1.807) is 0 Å². The van der Waals surface area contributed by atoms with E-state index in [-0.39, 0.29) is 24.0 Å². The first-order valence-corrected chi connectivity index (χ1v) is 5.91. The molecule has 0 spiro atoms. The van der Waals surface area contributed by atoms with E-state index in [4.69, 9.17) is 0 Å². The molecule has 0 bridgehead atoms. The minimum Gasteiger partial charge on any atom is -0.396 e. The Kier molecular flexibility index (Phi) is 3.74. The van der Waals surface area contributed by atoms with Gasteiger partial charge in [-0.25, -0.2) is 8.78 Å². The monoisotopic (exact) mass is 241 g/mol. The molecule has 94 valence electrons. The maximum Gasteiger partial charge on any atom is 0.129 e. The molecule has 1 aliphatic heterocycles. The molecular formula is C13H17F2NO. The van der Waals surface area contributed by atoms with Crippen molar-refractivity contribution in [3.63, 3.8) is 0 Å². The van der Waals surface area contributed by atoms with Crippen LogP contribution in [0.5, 0.6) is 0 Å². The second-order valence-electron chi connectivity index (χ2n) is 4.79. The molecule has 1 aliphatic rings. The van der Waals surface area contributed by atoms with Crippen LogP contribution in [0.15, 0.2) is 18.2 Å². The Bertz CT molecular complexity index is 369. The molecule has 1 heterocycles. The third-order valence-corrected chi connectivity index (χ3v) is 3.61. The van der Waals surface area contributed by atoms with Crippen LogP contribution >= 0.6 is 0 Å². The molecule has 0 aliphatic carbocycles. The first-order chi connectivity index (χ1) is 8.17. The van der Waals surface area contributed by atoms with E-state index in [1.807, 2.05) is 0 Å². The molecule has 4 heteroatoms. The normalized spacial score (nSPS) is 19.2. The molecule has 1 aromatic rings. The number of aliphatic hydroxyl groups is 1. The smallest absolute Gasteiger partial charge is 0.129 e. The SMILES string of the molecule is OCC1(Cc2c(F)cccc2F)CCNCC1. The summed E-state index contributed by atoms with van der Waals surface area (Å²) in [6, 6.07) is 3.90. The average Bonchev–Trinajstić information content (AvgIpc) is 2.35. The van der Waals surface area contributed by atoms with Crippen LogP contribution in [0.3, 0.4) is 0 Å². The highest BCUT2D eigenvalue weighted by Crippen LogP contribution is 2.33. The number of hydrogen-bond acceptors (Lipinski definition) is 2. The van der Waals surface area contributed by atoms with Crippen molar-refractivity contribution in [1.29, 1.82) is 0 Å². The Morgan fingerprint density at radius 2 is 1.76 bits per heavy atom. The van der Waals surface area contributed by atoms with Crippen molar-refractivity contribution >= 4 is 0 Å². The Morgan fingerprint density at radius 3 is 2.29 bits per heavy atom. The molecule has 1 aromatic carbocycles. The summed E-state index contributed by atoms with van der Waals surface area (Å²) in [5, 5.41) is 12.7. The highest BCUT2D eigenvalue weighted by atomic mass is 19.1. The fraction of sp³-hybridized carbons (Fsp3) is 0.538. The number of hydrogen-bond donors (Lipinski definition) is 2. The van der Waals surface area contributed by atoms with Gasteiger partial charge in [-0.05, 0) is 44.5 Å². The number of aliphatic hydroxyl groups excluding tert-OH is 1. The first kappa shape index (κ1) is 12.5. The fourth-order valence-corrected chi connectivity index (χ4v) is 2.42. The van der Waals surface area contributed by atoms with Crippen LogP contribution in [0.1, 0.15) is 18.4 Å². The van der Waals surface area contributed by atoms with E-state index in [1.165, 1.54) is 18.2 Å². The predicted molar refractivity (Wildman–Crippen MR) is 61.7 cm³/mol. The minimum absolute atomic E-state index is 0.0253. The van der Waals surface area contributed by atoms with Crippen molar-refractivity contribution in [2.24, 2.45) is 5.41 Å². The first-order valence-electron chi connectivity index (χ1n) is 5.91. The van der Waals surface area contributed by atoms with Crippen LogP contribution in [-0.2, 0) is 6.42 Å². The summed E-state index contributed by atoms with van der Waals surface area (Å²) in [5.41, 5.74) is -0.280. The zero-order valence-electron chi connectivity index (χ0n) is 9.68. The van der Waals surface area contributed by atoms with Gasteiger partial charge in [-0.3, -0.25) is 0 Å². The van der Waals surface area contributed by atoms with Gasteiger partial charge in [0, 0.05) is 17.6 Å². The van der Waals surface area contributed by atoms with E-state index in [9.17, 15) is 13.9 Å². The lowest BCUT2D eigenvalue weighted by Gasteiger charge is -2.36. The van der Waals surface area contributed by atoms with Crippen molar-refractivity contribution in [3.05, 3.63) is 35.4 Å². The molecule has 17 heavy (non-hydrogen) atoms. The highest BCUT2D eigenvalue weighted by Gasteiger charge is 2.33. The standard InChI is InChI=1S/C13H17F2NO/c14-11-2-1-3-12(15)10(11)8-13(9-17)4-6-16-7-5-13/h1-3,16-17H,4-9H2. The van der Waals surface area contributed by atoms with Crippen LogP contribution in [0.4, 0.5) is 8.78 Å². The molecule has 0 saturated carbocycles. The molecular weight excluding hydrogens is 224 g/mol. The summed E-state index contributed by atoms with van der Waals surface area (Å²) >= 11 is 0. The lowest BCUT2D eigenvalue weighted by molar-refractivity contribution is 0.0875. The van der Waals surface area contributed by atoms with Crippen LogP contribution < -0.4 is 5.32 Å². The van der Waals surface area contributed by atoms with Crippen molar-refractivity contribution < 1.29 is 13.9 Å². The molecule has 0 unspecified atom stereocenters. The van der Waals surface area contributed by atoms with Gasteiger partial charge in [0.25, 0.3) is 0 Å². The van der Waals surface area contributed by atoms with Crippen molar-refractivity contribution in [2.45, 2.75) is 19.3 Å². The lowest BCUT2D eigenvalue weighted by atomic mass is 9.75. The van der Waals surface area contributed by atoms with Gasteiger partial charge in [0.15, 0.2) is 0 Å². The van der Waals surface area contributed by atoms with Gasteiger partial charge >= 0.3 is 0 Å². The molecule has 2 N–H and O–H groups in total. The zero-order valence-corrected chi connectivity index (χ0v) is 9.68. The maximum atomic E-state index is 13.6. The summed E-state index contributed by atoms with van der Waals surface area (Å²) in [4.78, 5) is 0. The minimum atomic E-state index is -0.517. The van der Waals surface area contributed by atoms with Gasteiger partial charge in [-0.1, -0.05) is 6.07 Å². The molecule has 2 nitrogen and oxygen atoms in total. The highest BCUT2D eigenvalue weighted by molar-refractivity contribution is 5.21. The van der Waals surface area contributed by atoms with E-state index in [2.05, 4.69) is 5.32 Å². The Hall–Kier alpha value is -1.00. The zero-order chi connectivity index (χ0) is 12.3. The Labute approximate surface area is 99.7 Å². The Balaban J connectivity index is 2.23. The molecule has 0 radical (unpaired) electrons. The van der Waals surface area contributed by atoms with E-state index in [0.717, 1.165) is 25.9 Å². The van der Waals surface area contributed by atoms with Gasteiger partial charge < -0.3 is 10.4 Å². The summed E-state index contributed by atoms with van der Waals surface area (Å²) in [5.74, 6) is -1.03. The molecule has 0 atom stereocenters. The summed E-state index contributed by atoms with van der Waals surface area (Å²) in [6.45, 7) is 1.55. The van der Waals surface area contributed by atoms with Crippen LogP contribution in [-0.4, -0.2) is 24.8 Å². The number of rotatable bonds is 3. The van der Waals surface area contributed by atoms with Crippen molar-refractivity contribution in [2.75, 3.05) is 19.7 Å². The van der Waals surface area contributed by atoms with E-state index in [0.29, 0.717) is 0 Å². The number of nitrogens with one attached hydrogen (secondary N) is 1. The van der Waals surface area contributed by atoms with E-state index >= 15 is 0 Å². The third-order valence-electron chi connectivity index (χ3n) is 3.61. The van der Waals surface area contributed by atoms with Gasteiger partial charge in [0.1, 0.15) is 11.6 Å². The van der Waals surface area contributed by atoms with Crippen LogP contribution in [0, 0.1) is 17.0 Å². The number of benzene rings is 1. The molecule has 0 aromatic heterocycles. The van der Waals surface area contributed by atoms with Crippen LogP contribution in [0.25, 0.3) is 0 Å². The van der Waals surface area contributed by atoms with Gasteiger partial charge in [-0.15, -0.1) is 0 Å². The third kappa shape index (κ3) is 2.64. The topological polar surface area (TPSA) is 32.3 Å². The summed E-state index contributed by atoms with van der Waals surface area (Å²) in [6.07, 6.45) is 1.76. The number of halogens is 2. The second-order valence-corrected chi connectivity index (χ2v) is 4.79. The van der Waals surface area contributed by atoms with Crippen molar-refractivity contribution in [1.82, 2.24) is 5.32 Å². The molecule has 1 saturated heterocycles. The maximum absolute atomic E-state index is 13.6. The largest absolute Gasteiger partial charge is 0.396 e. The average molecular weight is 241 g/mol. The Morgan fingerprint density at radius 1 is 1.18 bits per heavy atom. The lowest BCUT2D eigenvalue weighted by Crippen LogP contribution is -2.41. The van der Waals surface area contributed by atoms with Gasteiger partial charge in [-0.2, -0.15) is 0 Å². The summed E-state index contributed by atoms with van der Waals surface area (Å²) in [7, 11) is 0. The second kappa shape index (κ2) is 5.10. The molecule has 0 amide bonds. The molecule has 2 rings (SSSR count). The molecule has 1 fully saturated rings.